The Balaban J connectivity index is 1.85. The molecule has 0 aliphatic heterocycles. The van der Waals surface area contributed by atoms with Crippen molar-refractivity contribution in [2.75, 3.05) is 12.4 Å². The van der Waals surface area contributed by atoms with Crippen molar-refractivity contribution in [3.05, 3.63) is 29.8 Å². The first-order valence-electron chi connectivity index (χ1n) is 7.10. The second kappa shape index (κ2) is 8.75. The Morgan fingerprint density at radius 1 is 1.41 bits per heavy atom. The average Bonchev–Trinajstić information content (AvgIpc) is 2.98. The number of unbranched alkanes of at least 4 members (excludes halogenated alkanes) is 1. The molecule has 0 aliphatic carbocycles. The normalized spacial score (nSPS) is 10.5. The van der Waals surface area contributed by atoms with Crippen molar-refractivity contribution in [1.29, 1.82) is 0 Å². The fourth-order valence-corrected chi connectivity index (χ4v) is 3.46. The van der Waals surface area contributed by atoms with Crippen LogP contribution in [0.25, 0.3) is 0 Å². The number of aromatic nitrogens is 2. The number of nitrogens with one attached hydrogen (secondary N) is 1. The summed E-state index contributed by atoms with van der Waals surface area (Å²) in [6, 6.07) is 7.93. The van der Waals surface area contributed by atoms with E-state index in [9.17, 15) is 4.79 Å². The number of nitrogens with zero attached hydrogens (tertiary/aromatic N) is 2. The number of ether oxygens (including phenoxy) is 1. The van der Waals surface area contributed by atoms with Gasteiger partial charge >= 0.3 is 0 Å². The zero-order valence-electron chi connectivity index (χ0n) is 12.7. The van der Waals surface area contributed by atoms with Gasteiger partial charge in [-0.1, -0.05) is 48.6 Å². The Morgan fingerprint density at radius 3 is 3.05 bits per heavy atom. The third-order valence-corrected chi connectivity index (χ3v) is 4.95. The molecule has 0 spiro atoms. The summed E-state index contributed by atoms with van der Waals surface area (Å²) in [7, 11) is 1.66. The van der Waals surface area contributed by atoms with Crippen LogP contribution in [0, 0.1) is 0 Å². The lowest BCUT2D eigenvalue weighted by atomic mass is 10.2. The van der Waals surface area contributed by atoms with E-state index in [1.54, 1.807) is 18.9 Å². The van der Waals surface area contributed by atoms with Crippen LogP contribution < -0.4 is 10.1 Å². The molecule has 5 nitrogen and oxygen atoms in total. The molecule has 1 aromatic carbocycles. The van der Waals surface area contributed by atoms with Crippen molar-refractivity contribution < 1.29 is 9.53 Å². The van der Waals surface area contributed by atoms with E-state index < -0.39 is 0 Å². The van der Waals surface area contributed by atoms with E-state index in [2.05, 4.69) is 22.4 Å². The highest BCUT2D eigenvalue weighted by Crippen LogP contribution is 2.29. The SMILES string of the molecule is CCCCC(=O)Nc1nnc(SCc2cccc(OC)c2)s1. The molecular formula is C15H19N3O2S2. The summed E-state index contributed by atoms with van der Waals surface area (Å²) in [5.74, 6) is 1.64. The van der Waals surface area contributed by atoms with Gasteiger partial charge in [0.05, 0.1) is 7.11 Å². The van der Waals surface area contributed by atoms with Crippen LogP contribution in [0.15, 0.2) is 28.6 Å². The Kier molecular flexibility index (Phi) is 6.67. The van der Waals surface area contributed by atoms with Crippen molar-refractivity contribution in [3.63, 3.8) is 0 Å². The predicted molar refractivity (Wildman–Crippen MR) is 90.6 cm³/mol. The zero-order valence-corrected chi connectivity index (χ0v) is 14.3. The summed E-state index contributed by atoms with van der Waals surface area (Å²) in [6.45, 7) is 2.06. The molecule has 0 unspecified atom stereocenters. The second-order valence-electron chi connectivity index (χ2n) is 4.67. The maximum atomic E-state index is 11.6. The van der Waals surface area contributed by atoms with Crippen molar-refractivity contribution in [1.82, 2.24) is 10.2 Å². The summed E-state index contributed by atoms with van der Waals surface area (Å²) in [5.41, 5.74) is 1.16. The second-order valence-corrected chi connectivity index (χ2v) is 6.87. The van der Waals surface area contributed by atoms with Crippen LogP contribution in [0.4, 0.5) is 5.13 Å². The number of benzene rings is 1. The van der Waals surface area contributed by atoms with Gasteiger partial charge in [0.2, 0.25) is 11.0 Å². The van der Waals surface area contributed by atoms with Gasteiger partial charge in [-0.15, -0.1) is 10.2 Å². The summed E-state index contributed by atoms with van der Waals surface area (Å²) in [5, 5.41) is 11.4. The number of methoxy groups -OCH3 is 1. The third-order valence-electron chi connectivity index (χ3n) is 2.91. The molecule has 0 radical (unpaired) electrons. The molecule has 0 atom stereocenters. The lowest BCUT2D eigenvalue weighted by molar-refractivity contribution is -0.116. The van der Waals surface area contributed by atoms with Gasteiger partial charge in [-0.25, -0.2) is 0 Å². The van der Waals surface area contributed by atoms with E-state index in [0.717, 1.165) is 34.2 Å². The predicted octanol–water partition coefficient (Wildman–Crippen LogP) is 3.97. The molecule has 1 heterocycles. The van der Waals surface area contributed by atoms with Crippen molar-refractivity contribution in [2.45, 2.75) is 36.3 Å². The van der Waals surface area contributed by atoms with E-state index in [-0.39, 0.29) is 5.91 Å². The summed E-state index contributed by atoms with van der Waals surface area (Å²) < 4.78 is 6.05. The molecule has 0 bridgehead atoms. The first kappa shape index (κ1) is 16.8. The fourth-order valence-electron chi connectivity index (χ4n) is 1.75. The molecule has 1 N–H and O–H groups in total. The lowest BCUT2D eigenvalue weighted by Crippen LogP contribution is -2.10. The van der Waals surface area contributed by atoms with Gasteiger partial charge in [0, 0.05) is 12.2 Å². The van der Waals surface area contributed by atoms with Crippen molar-refractivity contribution >= 4 is 34.1 Å². The molecule has 1 aromatic heterocycles. The summed E-state index contributed by atoms with van der Waals surface area (Å²) in [4.78, 5) is 11.6. The third kappa shape index (κ3) is 5.31. The van der Waals surface area contributed by atoms with Gasteiger partial charge in [-0.05, 0) is 24.1 Å². The van der Waals surface area contributed by atoms with Crippen molar-refractivity contribution in [2.24, 2.45) is 0 Å². The topological polar surface area (TPSA) is 64.1 Å². The van der Waals surface area contributed by atoms with Crippen LogP contribution >= 0.6 is 23.1 Å². The van der Waals surface area contributed by atoms with Crippen LogP contribution in [-0.4, -0.2) is 23.2 Å². The standard InChI is InChI=1S/C15H19N3O2S2/c1-3-4-8-13(19)16-14-17-18-15(22-14)21-10-11-6-5-7-12(9-11)20-2/h5-7,9H,3-4,8,10H2,1-2H3,(H,16,17,19). The Bertz CT molecular complexity index is 616. The molecule has 7 heteroatoms. The molecule has 0 aliphatic rings. The van der Waals surface area contributed by atoms with Gasteiger partial charge in [-0.3, -0.25) is 4.79 Å². The number of amides is 1. The van der Waals surface area contributed by atoms with E-state index >= 15 is 0 Å². The number of carbonyl (C=O) groups is 1. The largest absolute Gasteiger partial charge is 0.497 e. The van der Waals surface area contributed by atoms with Gasteiger partial charge < -0.3 is 10.1 Å². The highest BCUT2D eigenvalue weighted by molar-refractivity contribution is 8.00. The van der Waals surface area contributed by atoms with Crippen LogP contribution in [0.3, 0.4) is 0 Å². The molecule has 2 rings (SSSR count). The number of carbonyl (C=O) groups excluding carboxylic acids is 1. The highest BCUT2D eigenvalue weighted by Gasteiger charge is 2.08. The van der Waals surface area contributed by atoms with E-state index in [4.69, 9.17) is 4.74 Å². The van der Waals surface area contributed by atoms with E-state index in [1.807, 2.05) is 24.3 Å². The molecule has 0 saturated carbocycles. The number of rotatable bonds is 8. The lowest BCUT2D eigenvalue weighted by Gasteiger charge is -2.02. The van der Waals surface area contributed by atoms with Gasteiger partial charge in [0.25, 0.3) is 0 Å². The number of hydrogen-bond donors (Lipinski definition) is 1. The monoisotopic (exact) mass is 337 g/mol. The maximum Gasteiger partial charge on any atom is 0.226 e. The molecule has 0 fully saturated rings. The molecule has 0 saturated heterocycles. The van der Waals surface area contributed by atoms with Gasteiger partial charge in [-0.2, -0.15) is 0 Å². The number of thioether (sulfide) groups is 1. The fraction of sp³-hybridized carbons (Fsp3) is 0.400. The average molecular weight is 337 g/mol. The Hall–Kier alpha value is -1.60. The highest BCUT2D eigenvalue weighted by atomic mass is 32.2. The minimum atomic E-state index is 0.00217. The quantitative estimate of drug-likeness (QED) is 0.583. The van der Waals surface area contributed by atoms with Gasteiger partial charge in [0.1, 0.15) is 5.75 Å². The smallest absolute Gasteiger partial charge is 0.226 e. The van der Waals surface area contributed by atoms with Crippen molar-refractivity contribution in [3.8, 4) is 5.75 Å². The zero-order chi connectivity index (χ0) is 15.8. The Morgan fingerprint density at radius 2 is 2.27 bits per heavy atom. The van der Waals surface area contributed by atoms with Gasteiger partial charge in [0.15, 0.2) is 4.34 Å². The Labute approximate surface area is 138 Å². The first-order valence-corrected chi connectivity index (χ1v) is 8.90. The van der Waals surface area contributed by atoms with E-state index in [1.165, 1.54) is 11.3 Å². The minimum Gasteiger partial charge on any atom is -0.497 e. The molecule has 22 heavy (non-hydrogen) atoms. The summed E-state index contributed by atoms with van der Waals surface area (Å²) >= 11 is 3.00. The minimum absolute atomic E-state index is 0.00217. The number of anilines is 1. The molecule has 118 valence electrons. The first-order chi connectivity index (χ1) is 10.7. The summed E-state index contributed by atoms with van der Waals surface area (Å²) in [6.07, 6.45) is 2.43. The van der Waals surface area contributed by atoms with Crippen LogP contribution in [0.5, 0.6) is 5.75 Å². The van der Waals surface area contributed by atoms with E-state index in [0.29, 0.717) is 11.6 Å². The maximum absolute atomic E-state index is 11.6. The molecule has 1 amide bonds. The van der Waals surface area contributed by atoms with Crippen LogP contribution in [-0.2, 0) is 10.5 Å². The van der Waals surface area contributed by atoms with Crippen LogP contribution in [0.2, 0.25) is 0 Å². The number of hydrogen-bond acceptors (Lipinski definition) is 6. The van der Waals surface area contributed by atoms with Crippen LogP contribution in [0.1, 0.15) is 31.7 Å². The molecular weight excluding hydrogens is 318 g/mol. The molecule has 2 aromatic rings.